The van der Waals surface area contributed by atoms with E-state index in [0.29, 0.717) is 39.8 Å². The number of carbonyl (C=O) groups excluding carboxylic acids is 8. The molecule has 31 nitrogen and oxygen atoms in total. The molecule has 3 aromatic carbocycles. The zero-order chi connectivity index (χ0) is 65.8. The van der Waals surface area contributed by atoms with E-state index in [0.717, 1.165) is 49.3 Å². The average Bonchev–Trinajstić information content (AvgIpc) is 1.81. The molecule has 0 spiro atoms. The first kappa shape index (κ1) is 73.7. The van der Waals surface area contributed by atoms with E-state index >= 15 is 0 Å². The Hall–Kier alpha value is -7.02. The SMILES string of the molecule is CCCCCOc1ccc(-c2cc(-c3ccc(C(=O)N[C@H]4C[C@@H](O)[C@@H](O)NC(=O)[C@@H]5[C@@H](O)[C@@H](C)CN5C(=O)[C@H]([C@H](O)CC(N)=O)NC(=O)[C@H]([C@H](O)[C@@H](O)c5c[c-]c(O)cc5)CC(=O)[C@@H]5C[C@@H](O)CN5C(=O)[C@H]([C@@H](C)O)NC4=O)cc3)no2)cc1.O=S(=O)([O-])O.[Na+]. The van der Waals surface area contributed by atoms with Crippen molar-refractivity contribution >= 4 is 57.5 Å². The van der Waals surface area contributed by atoms with E-state index in [-0.39, 0.29) is 46.4 Å². The van der Waals surface area contributed by atoms with Gasteiger partial charge in [-0.3, -0.25) is 42.9 Å². The van der Waals surface area contributed by atoms with Gasteiger partial charge in [0.25, 0.3) is 5.91 Å². The van der Waals surface area contributed by atoms with E-state index in [9.17, 15) is 84.3 Å². The third kappa shape index (κ3) is 19.7. The molecule has 0 saturated carbocycles. The fourth-order valence-electron chi connectivity index (χ4n) is 10.3. The number of phenolic OH excluding ortho intramolecular Hbond substituents is 1. The largest absolute Gasteiger partial charge is 1.00 e. The molecule has 90 heavy (non-hydrogen) atoms. The molecule has 4 aromatic rings. The van der Waals surface area contributed by atoms with Gasteiger partial charge >= 0.3 is 29.6 Å². The quantitative estimate of drug-likeness (QED) is 0.0163. The van der Waals surface area contributed by atoms with Crippen LogP contribution in [-0.4, -0.2) is 218 Å². The van der Waals surface area contributed by atoms with Crippen molar-refractivity contribution in [3.05, 3.63) is 90.0 Å². The summed E-state index contributed by atoms with van der Waals surface area (Å²) in [5.74, 6) is -12.2. The van der Waals surface area contributed by atoms with Crippen LogP contribution < -0.4 is 61.3 Å². The van der Waals surface area contributed by atoms with Crippen molar-refractivity contribution in [3.8, 4) is 34.1 Å². The number of phenols is 1. The van der Waals surface area contributed by atoms with Crippen molar-refractivity contribution in [1.82, 2.24) is 36.2 Å². The first-order valence-corrected chi connectivity index (χ1v) is 29.5. The smallest absolute Gasteiger partial charge is 0.726 e. The van der Waals surface area contributed by atoms with Crippen LogP contribution in [0.15, 0.2) is 77.3 Å². The van der Waals surface area contributed by atoms with Crippen molar-refractivity contribution in [2.45, 2.75) is 145 Å². The van der Waals surface area contributed by atoms with E-state index in [4.69, 9.17) is 32.5 Å². The number of hydrogen-bond acceptors (Lipinski definition) is 23. The molecular weight excluding hydrogens is 1220 g/mol. The van der Waals surface area contributed by atoms with Crippen molar-refractivity contribution in [3.63, 3.8) is 0 Å². The number of Topliss-reactive ketones (excluding diaryl/α,β-unsaturated/α-hetero) is 1. The fourth-order valence-corrected chi connectivity index (χ4v) is 10.3. The van der Waals surface area contributed by atoms with Gasteiger partial charge in [-0.05, 0) is 49.7 Å². The zero-order valence-electron chi connectivity index (χ0n) is 49.3. The maximum Gasteiger partial charge on any atom is 1.00 e. The molecule has 15 atom stereocenters. The predicted octanol–water partition coefficient (Wildman–Crippen LogP) is -6.18. The molecule has 33 heteroatoms. The van der Waals surface area contributed by atoms with Crippen molar-refractivity contribution < 1.29 is 141 Å². The monoisotopic (exact) mass is 1290 g/mol. The van der Waals surface area contributed by atoms with E-state index in [1.54, 1.807) is 6.07 Å². The summed E-state index contributed by atoms with van der Waals surface area (Å²) < 4.78 is 44.2. The van der Waals surface area contributed by atoms with Crippen molar-refractivity contribution in [2.24, 2.45) is 17.6 Å². The molecule has 3 saturated heterocycles. The van der Waals surface area contributed by atoms with Crippen LogP contribution in [0.25, 0.3) is 22.6 Å². The Bertz CT molecular complexity index is 3240. The van der Waals surface area contributed by atoms with E-state index in [1.165, 1.54) is 31.2 Å². The van der Waals surface area contributed by atoms with Gasteiger partial charge in [0.05, 0.1) is 61.6 Å². The number of amides is 7. The number of fused-ring (bicyclic) bond motifs is 2. The van der Waals surface area contributed by atoms with Gasteiger partial charge in [-0.2, -0.15) is 12.1 Å². The van der Waals surface area contributed by atoms with Crippen LogP contribution in [0.2, 0.25) is 0 Å². The summed E-state index contributed by atoms with van der Waals surface area (Å²) in [7, 11) is -4.92. The number of aliphatic hydroxyl groups is 8. The number of aromatic hydroxyl groups is 1. The van der Waals surface area contributed by atoms with Crippen LogP contribution in [0.5, 0.6) is 11.5 Å². The number of hydrogen-bond donors (Lipinski definition) is 15. The minimum atomic E-state index is -4.92. The Kier molecular flexibility index (Phi) is 26.9. The number of ketones is 1. The van der Waals surface area contributed by atoms with Crippen molar-refractivity contribution in [1.29, 1.82) is 0 Å². The van der Waals surface area contributed by atoms with Gasteiger partial charge in [0.15, 0.2) is 17.8 Å². The summed E-state index contributed by atoms with van der Waals surface area (Å²) in [6.07, 6.45) is -16.7. The van der Waals surface area contributed by atoms with Crippen LogP contribution in [0.3, 0.4) is 0 Å². The Labute approximate surface area is 537 Å². The Morgan fingerprint density at radius 1 is 0.856 bits per heavy atom. The molecule has 0 bridgehead atoms. The molecule has 16 N–H and O–H groups in total. The number of carbonyl (C=O) groups is 8. The second-order valence-electron chi connectivity index (χ2n) is 21.9. The van der Waals surface area contributed by atoms with Gasteiger partial charge in [0.2, 0.25) is 45.8 Å². The van der Waals surface area contributed by atoms with Gasteiger partial charge < -0.3 is 96.6 Å². The molecular formula is C57H72N8NaO23S-. The first-order chi connectivity index (χ1) is 41.9. The Morgan fingerprint density at radius 2 is 1.48 bits per heavy atom. The molecule has 7 amide bonds. The van der Waals surface area contributed by atoms with Gasteiger partial charge in [0, 0.05) is 66.8 Å². The second kappa shape index (κ2) is 32.8. The minimum absolute atomic E-state index is 0. The van der Waals surface area contributed by atoms with E-state index < -0.39 is 187 Å². The molecule has 486 valence electrons. The summed E-state index contributed by atoms with van der Waals surface area (Å²) in [4.78, 5) is 115. The van der Waals surface area contributed by atoms with Crippen LogP contribution in [0, 0.1) is 17.9 Å². The number of nitrogens with zero attached hydrogens (tertiary/aromatic N) is 3. The first-order valence-electron chi connectivity index (χ1n) is 28.1. The minimum Gasteiger partial charge on any atom is -0.726 e. The summed E-state index contributed by atoms with van der Waals surface area (Å²) >= 11 is 0. The number of primary amides is 1. The van der Waals surface area contributed by atoms with Crippen molar-refractivity contribution in [2.75, 3.05) is 19.7 Å². The van der Waals surface area contributed by atoms with Crippen LogP contribution in [0.4, 0.5) is 0 Å². The van der Waals surface area contributed by atoms with Gasteiger partial charge in [0.1, 0.15) is 41.7 Å². The zero-order valence-corrected chi connectivity index (χ0v) is 52.1. The average molecular weight is 1290 g/mol. The maximum absolute atomic E-state index is 14.6. The number of aliphatic hydroxyl groups excluding tert-OH is 8. The van der Waals surface area contributed by atoms with Gasteiger partial charge in [-0.25, -0.2) is 8.42 Å². The molecule has 0 unspecified atom stereocenters. The Balaban J connectivity index is 0.00000236. The standard InChI is InChI=1S/C57H71N8O19.Na.H2O4S/c1-4-5-6-19-83-35-17-13-30(14-18-35)43-23-37(63-84-43)29-7-9-32(10-8-29)51(76)59-38-22-42(71)54(79)62-55(80)47-48(73)27(2)25-65(47)57(82)46(41(70)24-44(58)72)61-52(77)36(50(75)49(74)31-11-15-33(67)16-12-31)21-40(69)39-20-34(68)26-64(39)56(81)45(28(3)66)60-53(38)78;;1-5(2,3)4/h7-15,17-18,23,27-28,34,36,38-39,41-42,45-50,54,66-68,70-71,73-75,79H,4-6,19-22,24-26H2,1-3H3,(H2,58,72)(H,59,76)(H,60,78)(H,61,77)(H,62,80);;(H2,1,2,3,4)/q-1;+1;/p-1/t27-,28+,34+,36-,38-,39-,41+,42+,45-,46-,47-,48-,49-,50-,54+;;/m0../s1. The number of aromatic nitrogens is 1. The van der Waals surface area contributed by atoms with E-state index in [2.05, 4.69) is 39.4 Å². The number of rotatable bonds is 16. The normalized spacial score (nSPS) is 26.1. The summed E-state index contributed by atoms with van der Waals surface area (Å²) in [5.41, 5.74) is 6.76. The summed E-state index contributed by atoms with van der Waals surface area (Å²) in [6.45, 7) is 4.09. The molecule has 3 fully saturated rings. The van der Waals surface area contributed by atoms with Gasteiger partial charge in [-0.1, -0.05) is 44.0 Å². The number of benzene rings is 3. The van der Waals surface area contributed by atoms with Crippen LogP contribution >= 0.6 is 0 Å². The molecule has 0 aliphatic carbocycles. The van der Waals surface area contributed by atoms with E-state index in [1.807, 2.05) is 24.3 Å². The molecule has 7 rings (SSSR count). The molecule has 3 aliphatic rings. The van der Waals surface area contributed by atoms with Gasteiger partial charge in [-0.15, -0.1) is 17.7 Å². The predicted molar refractivity (Wildman–Crippen MR) is 304 cm³/mol. The fraction of sp³-hybridized carbons (Fsp3) is 0.491. The van der Waals surface area contributed by atoms with Crippen LogP contribution in [0.1, 0.15) is 87.7 Å². The summed E-state index contributed by atoms with van der Waals surface area (Å²) in [6, 6.07) is 10.5. The molecule has 1 aromatic heterocycles. The molecule has 0 radical (unpaired) electrons. The third-order valence-corrected chi connectivity index (χ3v) is 15.1. The second-order valence-corrected chi connectivity index (χ2v) is 22.8. The summed E-state index contributed by atoms with van der Waals surface area (Å²) in [5, 5.41) is 114. The molecule has 4 heterocycles. The number of ether oxygens (including phenoxy) is 1. The maximum atomic E-state index is 14.6. The third-order valence-electron chi connectivity index (χ3n) is 15.1. The number of unbranched alkanes of at least 4 members (excludes halogenated alkanes) is 2. The molecule has 3 aliphatic heterocycles. The van der Waals surface area contributed by atoms with Crippen LogP contribution in [-0.2, 0) is 44.0 Å². The Morgan fingerprint density at radius 3 is 2.08 bits per heavy atom. The topological polar surface area (TPSA) is 512 Å². The number of nitrogens with one attached hydrogen (secondary N) is 4. The number of nitrogens with two attached hydrogens (primary N) is 1.